The number of nitrogens with one attached hydrogen (secondary N) is 1. The average molecular weight is 482 g/mol. The molecule has 0 aliphatic rings. The molecule has 4 rings (SSSR count). The molecule has 1 N–H and O–H groups in total. The quantitative estimate of drug-likeness (QED) is 0.324. The molecule has 0 saturated carbocycles. The molecule has 34 heavy (non-hydrogen) atoms. The summed E-state index contributed by atoms with van der Waals surface area (Å²) in [6.45, 7) is 6.43. The molecule has 10 heteroatoms. The van der Waals surface area contributed by atoms with Crippen molar-refractivity contribution in [2.75, 3.05) is 17.7 Å². The average Bonchev–Trinajstić information content (AvgIpc) is 3.46. The van der Waals surface area contributed by atoms with E-state index in [0.717, 1.165) is 28.8 Å². The lowest BCUT2D eigenvalue weighted by molar-refractivity contribution is -0.113. The van der Waals surface area contributed by atoms with Crippen molar-refractivity contribution in [2.24, 2.45) is 0 Å². The summed E-state index contributed by atoms with van der Waals surface area (Å²) in [4.78, 5) is 12.5. The number of hydrogen-bond donors (Lipinski definition) is 1. The van der Waals surface area contributed by atoms with Crippen molar-refractivity contribution in [3.8, 4) is 22.8 Å². The summed E-state index contributed by atoms with van der Waals surface area (Å²) in [5.41, 5.74) is 1.77. The Morgan fingerprint density at radius 3 is 2.62 bits per heavy atom. The molecule has 0 aliphatic heterocycles. The second-order valence-electron chi connectivity index (χ2n) is 7.66. The lowest BCUT2D eigenvalue weighted by atomic mass is 10.1. The topological polar surface area (TPSA) is 95.1 Å². The van der Waals surface area contributed by atoms with Gasteiger partial charge in [0, 0.05) is 11.6 Å². The van der Waals surface area contributed by atoms with Gasteiger partial charge in [-0.2, -0.15) is 0 Å². The van der Waals surface area contributed by atoms with Crippen LogP contribution in [0.15, 0.2) is 64.3 Å². The van der Waals surface area contributed by atoms with Crippen LogP contribution in [0.2, 0.25) is 0 Å². The van der Waals surface area contributed by atoms with Crippen LogP contribution in [-0.2, 0) is 4.79 Å². The smallest absolute Gasteiger partial charge is 0.237 e. The molecule has 176 valence electrons. The van der Waals surface area contributed by atoms with Gasteiger partial charge < -0.3 is 9.26 Å². The predicted octanol–water partition coefficient (Wildman–Crippen LogP) is 5.31. The molecule has 0 saturated heterocycles. The van der Waals surface area contributed by atoms with Crippen LogP contribution >= 0.6 is 11.8 Å². The molecule has 2 heterocycles. The van der Waals surface area contributed by atoms with Gasteiger partial charge in [-0.25, -0.2) is 4.39 Å². The SMILES string of the molecule is CCOc1ccc(-c2nnc(SCC(=O)Nc3cc(C(C)C)no3)n2-c2ccccc2F)cc1. The van der Waals surface area contributed by atoms with Crippen LogP contribution in [0.4, 0.5) is 10.3 Å². The highest BCUT2D eigenvalue weighted by Crippen LogP contribution is 2.30. The monoisotopic (exact) mass is 481 g/mol. The van der Waals surface area contributed by atoms with E-state index in [1.165, 1.54) is 6.07 Å². The maximum atomic E-state index is 14.7. The fourth-order valence-electron chi connectivity index (χ4n) is 3.19. The van der Waals surface area contributed by atoms with Gasteiger partial charge in [0.05, 0.1) is 23.7 Å². The molecule has 8 nitrogen and oxygen atoms in total. The molecular formula is C24H24FN5O3S. The number of ether oxygens (including phenoxy) is 1. The van der Waals surface area contributed by atoms with Gasteiger partial charge in [0.25, 0.3) is 0 Å². The van der Waals surface area contributed by atoms with Crippen molar-refractivity contribution in [1.82, 2.24) is 19.9 Å². The first-order valence-corrected chi connectivity index (χ1v) is 11.8. The van der Waals surface area contributed by atoms with Gasteiger partial charge >= 0.3 is 0 Å². The van der Waals surface area contributed by atoms with Crippen molar-refractivity contribution in [1.29, 1.82) is 0 Å². The highest BCUT2D eigenvalue weighted by molar-refractivity contribution is 7.99. The van der Waals surface area contributed by atoms with Crippen LogP contribution in [0.5, 0.6) is 5.75 Å². The number of amides is 1. The number of rotatable bonds is 9. The van der Waals surface area contributed by atoms with E-state index in [-0.39, 0.29) is 29.1 Å². The molecular weight excluding hydrogens is 457 g/mol. The molecule has 1 amide bonds. The lowest BCUT2D eigenvalue weighted by Crippen LogP contribution is -2.14. The van der Waals surface area contributed by atoms with E-state index >= 15 is 0 Å². The van der Waals surface area contributed by atoms with E-state index in [1.54, 1.807) is 28.8 Å². The fraction of sp³-hybridized carbons (Fsp3) is 0.250. The molecule has 0 spiro atoms. The van der Waals surface area contributed by atoms with Gasteiger partial charge in [-0.15, -0.1) is 10.2 Å². The summed E-state index contributed by atoms with van der Waals surface area (Å²) in [5, 5.41) is 15.5. The summed E-state index contributed by atoms with van der Waals surface area (Å²) >= 11 is 1.14. The molecule has 4 aromatic rings. The minimum absolute atomic E-state index is 0.0214. The van der Waals surface area contributed by atoms with Crippen molar-refractivity contribution in [3.63, 3.8) is 0 Å². The van der Waals surface area contributed by atoms with Gasteiger partial charge in [0.2, 0.25) is 11.8 Å². The first-order valence-electron chi connectivity index (χ1n) is 10.8. The minimum atomic E-state index is -0.427. The lowest BCUT2D eigenvalue weighted by Gasteiger charge is -2.11. The Bertz CT molecular complexity index is 1270. The van der Waals surface area contributed by atoms with Crippen LogP contribution in [0.3, 0.4) is 0 Å². The van der Waals surface area contributed by atoms with Crippen LogP contribution < -0.4 is 10.1 Å². The third-order valence-electron chi connectivity index (χ3n) is 4.87. The number of carbonyl (C=O) groups excluding carboxylic acids is 1. The number of aromatic nitrogens is 4. The Morgan fingerprint density at radius 1 is 1.18 bits per heavy atom. The molecule has 0 bridgehead atoms. The number of nitrogens with zero attached hydrogens (tertiary/aromatic N) is 4. The van der Waals surface area contributed by atoms with Gasteiger partial charge in [0.15, 0.2) is 11.0 Å². The van der Waals surface area contributed by atoms with Gasteiger partial charge in [-0.3, -0.25) is 14.7 Å². The van der Waals surface area contributed by atoms with Crippen molar-refractivity contribution < 1.29 is 18.4 Å². The normalized spacial score (nSPS) is 11.1. The summed E-state index contributed by atoms with van der Waals surface area (Å²) in [5.74, 6) is 0.929. The minimum Gasteiger partial charge on any atom is -0.494 e. The summed E-state index contributed by atoms with van der Waals surface area (Å²) in [7, 11) is 0. The second kappa shape index (κ2) is 10.5. The van der Waals surface area contributed by atoms with E-state index in [2.05, 4.69) is 20.7 Å². The Hall–Kier alpha value is -3.66. The standard InChI is InChI=1S/C24H24FN5O3S/c1-4-32-17-11-9-16(10-12-17)23-27-28-24(30(23)20-8-6-5-7-18(20)25)34-14-21(31)26-22-13-19(15(2)3)29-33-22/h5-13,15H,4,14H2,1-3H3,(H,26,31). The van der Waals surface area contributed by atoms with E-state index in [1.807, 2.05) is 45.0 Å². The van der Waals surface area contributed by atoms with Crippen LogP contribution in [0.1, 0.15) is 32.4 Å². The number of para-hydroxylation sites is 1. The van der Waals surface area contributed by atoms with Crippen molar-refractivity contribution in [2.45, 2.75) is 31.8 Å². The summed E-state index contributed by atoms with van der Waals surface area (Å²) < 4.78 is 27.0. The fourth-order valence-corrected chi connectivity index (χ4v) is 3.94. The molecule has 0 aliphatic carbocycles. The van der Waals surface area contributed by atoms with Crippen LogP contribution in [0, 0.1) is 5.82 Å². The van der Waals surface area contributed by atoms with Gasteiger partial charge in [-0.1, -0.05) is 42.9 Å². The Morgan fingerprint density at radius 2 is 1.94 bits per heavy atom. The van der Waals surface area contributed by atoms with E-state index in [4.69, 9.17) is 9.26 Å². The zero-order chi connectivity index (χ0) is 24.1. The van der Waals surface area contributed by atoms with E-state index in [0.29, 0.717) is 17.6 Å². The maximum absolute atomic E-state index is 14.7. The van der Waals surface area contributed by atoms with Crippen molar-refractivity contribution in [3.05, 3.63) is 66.1 Å². The molecule has 2 aromatic heterocycles. The third-order valence-corrected chi connectivity index (χ3v) is 5.79. The zero-order valence-electron chi connectivity index (χ0n) is 19.0. The third kappa shape index (κ3) is 5.28. The van der Waals surface area contributed by atoms with Gasteiger partial charge in [0.1, 0.15) is 11.6 Å². The summed E-state index contributed by atoms with van der Waals surface area (Å²) in [6.07, 6.45) is 0. The highest BCUT2D eigenvalue weighted by Gasteiger charge is 2.20. The first kappa shape index (κ1) is 23.5. The number of benzene rings is 2. The zero-order valence-corrected chi connectivity index (χ0v) is 19.8. The Balaban J connectivity index is 1.58. The molecule has 0 atom stereocenters. The van der Waals surface area contributed by atoms with Gasteiger partial charge in [-0.05, 0) is 49.2 Å². The Kier molecular flexibility index (Phi) is 7.27. The Labute approximate surface area is 200 Å². The molecule has 0 radical (unpaired) electrons. The maximum Gasteiger partial charge on any atom is 0.237 e. The molecule has 0 unspecified atom stereocenters. The van der Waals surface area contributed by atoms with Crippen molar-refractivity contribution >= 4 is 23.6 Å². The number of halogens is 1. The van der Waals surface area contributed by atoms with Crippen LogP contribution in [0.25, 0.3) is 17.1 Å². The largest absolute Gasteiger partial charge is 0.494 e. The molecule has 2 aromatic carbocycles. The second-order valence-corrected chi connectivity index (χ2v) is 8.60. The van der Waals surface area contributed by atoms with E-state index < -0.39 is 5.82 Å². The van der Waals surface area contributed by atoms with Crippen LogP contribution in [-0.4, -0.2) is 38.2 Å². The number of thioether (sulfide) groups is 1. The summed E-state index contributed by atoms with van der Waals surface area (Å²) in [6, 6.07) is 15.4. The number of carbonyl (C=O) groups is 1. The molecule has 0 fully saturated rings. The number of anilines is 1. The predicted molar refractivity (Wildman–Crippen MR) is 128 cm³/mol. The van der Waals surface area contributed by atoms with E-state index in [9.17, 15) is 9.18 Å². The first-order chi connectivity index (χ1) is 16.5. The highest BCUT2D eigenvalue weighted by atomic mass is 32.2. The number of hydrogen-bond acceptors (Lipinski definition) is 7.